The fourth-order valence-electron chi connectivity index (χ4n) is 1.93. The highest BCUT2D eigenvalue weighted by Crippen LogP contribution is 2.28. The SMILES string of the molecule is CCOC(=O)c1nc(-c2ccc(C)cc2F)nc(N)c1OC. The molecule has 1 heterocycles. The number of hydrogen-bond acceptors (Lipinski definition) is 6. The molecule has 0 unspecified atom stereocenters. The van der Waals surface area contributed by atoms with E-state index in [2.05, 4.69) is 9.97 Å². The average Bonchev–Trinajstić information content (AvgIpc) is 2.46. The standard InChI is InChI=1S/C15H16FN3O3/c1-4-22-15(20)11-12(21-3)13(17)19-14(18-11)9-6-5-8(2)7-10(9)16/h5-7H,4H2,1-3H3,(H2,17,18,19). The van der Waals surface area contributed by atoms with E-state index in [0.29, 0.717) is 0 Å². The van der Waals surface area contributed by atoms with Gasteiger partial charge in [0.2, 0.25) is 0 Å². The molecule has 2 rings (SSSR count). The van der Waals surface area contributed by atoms with Crippen molar-refractivity contribution in [3.63, 3.8) is 0 Å². The molecule has 1 aromatic carbocycles. The first-order valence-electron chi connectivity index (χ1n) is 6.63. The number of halogens is 1. The summed E-state index contributed by atoms with van der Waals surface area (Å²) in [6, 6.07) is 4.59. The summed E-state index contributed by atoms with van der Waals surface area (Å²) < 4.78 is 24.0. The third-order valence-corrected chi connectivity index (χ3v) is 2.93. The van der Waals surface area contributed by atoms with E-state index < -0.39 is 11.8 Å². The number of carbonyl (C=O) groups is 1. The molecule has 0 saturated carbocycles. The molecule has 2 aromatic rings. The molecule has 0 bridgehead atoms. The van der Waals surface area contributed by atoms with Gasteiger partial charge in [-0.2, -0.15) is 0 Å². The number of rotatable bonds is 4. The van der Waals surface area contributed by atoms with Crippen LogP contribution in [-0.2, 0) is 4.74 Å². The fraction of sp³-hybridized carbons (Fsp3) is 0.267. The van der Waals surface area contributed by atoms with E-state index in [1.807, 2.05) is 0 Å². The highest BCUT2D eigenvalue weighted by Gasteiger charge is 2.22. The molecule has 0 aliphatic rings. The Morgan fingerprint density at radius 3 is 2.68 bits per heavy atom. The molecule has 2 N–H and O–H groups in total. The van der Waals surface area contributed by atoms with Gasteiger partial charge < -0.3 is 15.2 Å². The molecule has 7 heteroatoms. The Bertz CT molecular complexity index is 719. The van der Waals surface area contributed by atoms with Crippen LogP contribution in [0.1, 0.15) is 23.0 Å². The highest BCUT2D eigenvalue weighted by atomic mass is 19.1. The number of hydrogen-bond donors (Lipinski definition) is 1. The molecule has 0 spiro atoms. The summed E-state index contributed by atoms with van der Waals surface area (Å²) in [5.41, 5.74) is 6.55. The lowest BCUT2D eigenvalue weighted by atomic mass is 10.1. The largest absolute Gasteiger partial charge is 0.491 e. The normalized spacial score (nSPS) is 10.4. The topological polar surface area (TPSA) is 87.3 Å². The minimum absolute atomic E-state index is 0.00106. The number of aryl methyl sites for hydroxylation is 1. The maximum Gasteiger partial charge on any atom is 0.361 e. The maximum absolute atomic E-state index is 14.1. The van der Waals surface area contributed by atoms with Crippen LogP contribution in [0, 0.1) is 12.7 Å². The van der Waals surface area contributed by atoms with Crippen molar-refractivity contribution in [2.75, 3.05) is 19.5 Å². The lowest BCUT2D eigenvalue weighted by molar-refractivity contribution is 0.0515. The number of aromatic nitrogens is 2. The first kappa shape index (κ1) is 15.7. The maximum atomic E-state index is 14.1. The second kappa shape index (κ2) is 6.38. The second-order valence-corrected chi connectivity index (χ2v) is 4.52. The van der Waals surface area contributed by atoms with Crippen LogP contribution in [0.5, 0.6) is 5.75 Å². The first-order valence-corrected chi connectivity index (χ1v) is 6.63. The van der Waals surface area contributed by atoms with E-state index in [4.69, 9.17) is 15.2 Å². The van der Waals surface area contributed by atoms with E-state index in [-0.39, 0.29) is 35.3 Å². The summed E-state index contributed by atoms with van der Waals surface area (Å²) in [5, 5.41) is 0. The van der Waals surface area contributed by atoms with Gasteiger partial charge in [-0.3, -0.25) is 0 Å². The number of anilines is 1. The van der Waals surface area contributed by atoms with E-state index in [9.17, 15) is 9.18 Å². The summed E-state index contributed by atoms with van der Waals surface area (Å²) in [6.45, 7) is 3.59. The number of nitrogen functional groups attached to an aromatic ring is 1. The van der Waals surface area contributed by atoms with E-state index >= 15 is 0 Å². The van der Waals surface area contributed by atoms with Gasteiger partial charge in [0.15, 0.2) is 23.1 Å². The highest BCUT2D eigenvalue weighted by molar-refractivity contribution is 5.92. The van der Waals surface area contributed by atoms with Crippen molar-refractivity contribution in [2.45, 2.75) is 13.8 Å². The molecular weight excluding hydrogens is 289 g/mol. The summed E-state index contributed by atoms with van der Waals surface area (Å²) in [5.74, 6) is -1.26. The van der Waals surface area contributed by atoms with Gasteiger partial charge in [0.05, 0.1) is 19.3 Å². The number of nitrogens with zero attached hydrogens (tertiary/aromatic N) is 2. The Morgan fingerprint density at radius 2 is 2.09 bits per heavy atom. The molecule has 0 fully saturated rings. The predicted molar refractivity (Wildman–Crippen MR) is 79.1 cm³/mol. The van der Waals surface area contributed by atoms with Crippen LogP contribution < -0.4 is 10.5 Å². The van der Waals surface area contributed by atoms with Crippen LogP contribution >= 0.6 is 0 Å². The Kier molecular flexibility index (Phi) is 4.55. The van der Waals surface area contributed by atoms with E-state index in [1.165, 1.54) is 19.2 Å². The van der Waals surface area contributed by atoms with E-state index in [1.54, 1.807) is 19.9 Å². The van der Waals surface area contributed by atoms with Gasteiger partial charge in [-0.25, -0.2) is 19.2 Å². The first-order chi connectivity index (χ1) is 10.5. The molecule has 0 atom stereocenters. The van der Waals surface area contributed by atoms with Crippen LogP contribution in [0.2, 0.25) is 0 Å². The van der Waals surface area contributed by atoms with Gasteiger partial charge in [-0.1, -0.05) is 6.07 Å². The number of nitrogens with two attached hydrogens (primary N) is 1. The van der Waals surface area contributed by atoms with E-state index in [0.717, 1.165) is 5.56 Å². The third-order valence-electron chi connectivity index (χ3n) is 2.93. The number of esters is 1. The molecule has 0 saturated heterocycles. The summed E-state index contributed by atoms with van der Waals surface area (Å²) in [6.07, 6.45) is 0. The van der Waals surface area contributed by atoms with Crippen LogP contribution in [-0.4, -0.2) is 29.7 Å². The minimum atomic E-state index is -0.706. The zero-order valence-corrected chi connectivity index (χ0v) is 12.5. The van der Waals surface area contributed by atoms with Crippen molar-refractivity contribution in [2.24, 2.45) is 0 Å². The van der Waals surface area contributed by atoms with Crippen molar-refractivity contribution < 1.29 is 18.7 Å². The zero-order chi connectivity index (χ0) is 16.3. The van der Waals surface area contributed by atoms with Gasteiger partial charge in [0, 0.05) is 0 Å². The smallest absolute Gasteiger partial charge is 0.361 e. The third kappa shape index (κ3) is 2.98. The van der Waals surface area contributed by atoms with Gasteiger partial charge in [0.25, 0.3) is 0 Å². The molecule has 0 radical (unpaired) electrons. The summed E-state index contributed by atoms with van der Waals surface area (Å²) >= 11 is 0. The molecular formula is C15H16FN3O3. The fourth-order valence-corrected chi connectivity index (χ4v) is 1.93. The van der Waals surface area contributed by atoms with Crippen molar-refractivity contribution in [3.8, 4) is 17.1 Å². The summed E-state index contributed by atoms with van der Waals surface area (Å²) in [7, 11) is 1.34. The van der Waals surface area contributed by atoms with Gasteiger partial charge in [-0.15, -0.1) is 0 Å². The molecule has 6 nitrogen and oxygen atoms in total. The molecule has 116 valence electrons. The van der Waals surface area contributed by atoms with Crippen LogP contribution in [0.3, 0.4) is 0 Å². The molecule has 1 aromatic heterocycles. The Labute approximate surface area is 127 Å². The molecule has 0 amide bonds. The Hall–Kier alpha value is -2.70. The minimum Gasteiger partial charge on any atom is -0.491 e. The van der Waals surface area contributed by atoms with Gasteiger partial charge >= 0.3 is 5.97 Å². The molecule has 22 heavy (non-hydrogen) atoms. The summed E-state index contributed by atoms with van der Waals surface area (Å²) in [4.78, 5) is 20.0. The zero-order valence-electron chi connectivity index (χ0n) is 12.5. The van der Waals surface area contributed by atoms with Gasteiger partial charge in [-0.05, 0) is 31.5 Å². The average molecular weight is 305 g/mol. The molecule has 0 aliphatic heterocycles. The quantitative estimate of drug-likeness (QED) is 0.872. The van der Waals surface area contributed by atoms with Crippen molar-refractivity contribution in [1.29, 1.82) is 0 Å². The number of ether oxygens (including phenoxy) is 2. The number of benzene rings is 1. The van der Waals surface area contributed by atoms with Crippen LogP contribution in [0.25, 0.3) is 11.4 Å². The lowest BCUT2D eigenvalue weighted by Crippen LogP contribution is -2.13. The monoisotopic (exact) mass is 305 g/mol. The Morgan fingerprint density at radius 1 is 1.36 bits per heavy atom. The van der Waals surface area contributed by atoms with Crippen molar-refractivity contribution in [1.82, 2.24) is 9.97 Å². The van der Waals surface area contributed by atoms with Gasteiger partial charge in [0.1, 0.15) is 5.82 Å². The second-order valence-electron chi connectivity index (χ2n) is 4.52. The molecule has 0 aliphatic carbocycles. The Balaban J connectivity index is 2.61. The number of carbonyl (C=O) groups excluding carboxylic acids is 1. The van der Waals surface area contributed by atoms with Crippen LogP contribution in [0.4, 0.5) is 10.2 Å². The lowest BCUT2D eigenvalue weighted by Gasteiger charge is -2.11. The predicted octanol–water partition coefficient (Wildman–Crippen LogP) is 2.36. The van der Waals surface area contributed by atoms with Crippen LogP contribution in [0.15, 0.2) is 18.2 Å². The number of methoxy groups -OCH3 is 1. The van der Waals surface area contributed by atoms with Crippen molar-refractivity contribution in [3.05, 3.63) is 35.3 Å². The van der Waals surface area contributed by atoms with Crippen molar-refractivity contribution >= 4 is 11.8 Å².